The molecular formula is C22H26N6O. The third-order valence-electron chi connectivity index (χ3n) is 6.46. The number of fused-ring (bicyclic) bond motifs is 3. The molecule has 1 spiro atoms. The summed E-state index contributed by atoms with van der Waals surface area (Å²) in [5.41, 5.74) is 4.94. The van der Waals surface area contributed by atoms with Crippen LogP contribution in [-0.2, 0) is 18.9 Å². The Morgan fingerprint density at radius 2 is 2.07 bits per heavy atom. The first-order chi connectivity index (χ1) is 14.0. The number of carbonyl (C=O) groups is 1. The van der Waals surface area contributed by atoms with Gasteiger partial charge in [0.1, 0.15) is 0 Å². The van der Waals surface area contributed by atoms with Gasteiger partial charge in [0.05, 0.1) is 23.1 Å². The van der Waals surface area contributed by atoms with E-state index < -0.39 is 0 Å². The zero-order valence-electron chi connectivity index (χ0n) is 17.2. The number of piperidine rings is 1. The van der Waals surface area contributed by atoms with E-state index in [9.17, 15) is 4.79 Å². The van der Waals surface area contributed by atoms with Gasteiger partial charge < -0.3 is 14.4 Å². The number of rotatable bonds is 2. The van der Waals surface area contributed by atoms with Gasteiger partial charge in [-0.2, -0.15) is 0 Å². The van der Waals surface area contributed by atoms with Crippen molar-refractivity contribution in [1.29, 1.82) is 0 Å². The molecule has 3 heterocycles. The Kier molecular flexibility index (Phi) is 4.08. The molecule has 2 aliphatic rings. The number of hydrogen-bond donors (Lipinski definition) is 0. The molecule has 1 atom stereocenters. The summed E-state index contributed by atoms with van der Waals surface area (Å²) in [6.07, 6.45) is 7.86. The van der Waals surface area contributed by atoms with Gasteiger partial charge in [0.25, 0.3) is 5.91 Å². The van der Waals surface area contributed by atoms with Gasteiger partial charge in [-0.05, 0) is 49.4 Å². The van der Waals surface area contributed by atoms with Gasteiger partial charge in [-0.1, -0.05) is 0 Å². The van der Waals surface area contributed by atoms with Crippen LogP contribution in [0.5, 0.6) is 0 Å². The molecule has 1 unspecified atom stereocenters. The van der Waals surface area contributed by atoms with Crippen molar-refractivity contribution in [3.63, 3.8) is 0 Å². The van der Waals surface area contributed by atoms with Gasteiger partial charge in [0.2, 0.25) is 5.95 Å². The second-order valence-corrected chi connectivity index (χ2v) is 8.61. The Labute approximate surface area is 170 Å². The van der Waals surface area contributed by atoms with Gasteiger partial charge in [0.15, 0.2) is 0 Å². The monoisotopic (exact) mass is 390 g/mol. The molecule has 29 heavy (non-hydrogen) atoms. The number of nitrogens with zero attached hydrogens (tertiary/aromatic N) is 6. The van der Waals surface area contributed by atoms with E-state index in [1.54, 1.807) is 6.33 Å². The first-order valence-electron chi connectivity index (χ1n) is 10.2. The molecule has 1 saturated heterocycles. The summed E-state index contributed by atoms with van der Waals surface area (Å²) in [5.74, 6) is 0.834. The summed E-state index contributed by atoms with van der Waals surface area (Å²) in [6.45, 7) is 1.52. The molecule has 5 rings (SSSR count). The highest BCUT2D eigenvalue weighted by molar-refractivity contribution is 5.97. The summed E-state index contributed by atoms with van der Waals surface area (Å²) < 4.78 is 1.97. The predicted molar refractivity (Wildman–Crippen MR) is 112 cm³/mol. The predicted octanol–water partition coefficient (Wildman–Crippen LogP) is 2.55. The molecule has 1 aromatic carbocycles. The molecule has 7 nitrogen and oxygen atoms in total. The summed E-state index contributed by atoms with van der Waals surface area (Å²) in [4.78, 5) is 31.1. The highest BCUT2D eigenvalue weighted by Crippen LogP contribution is 2.44. The van der Waals surface area contributed by atoms with Crippen LogP contribution in [0.4, 0.5) is 5.95 Å². The van der Waals surface area contributed by atoms with Crippen molar-refractivity contribution in [3.8, 4) is 0 Å². The van der Waals surface area contributed by atoms with E-state index in [4.69, 9.17) is 4.98 Å². The smallest absolute Gasteiger partial charge is 0.253 e. The van der Waals surface area contributed by atoms with Gasteiger partial charge in [-0.3, -0.25) is 4.79 Å². The second-order valence-electron chi connectivity index (χ2n) is 8.61. The van der Waals surface area contributed by atoms with Gasteiger partial charge in [0, 0.05) is 51.4 Å². The molecule has 0 N–H and O–H groups in total. The van der Waals surface area contributed by atoms with Gasteiger partial charge >= 0.3 is 0 Å². The molecule has 2 aromatic heterocycles. The number of aromatic nitrogens is 4. The van der Waals surface area contributed by atoms with Crippen LogP contribution in [0.3, 0.4) is 0 Å². The molecule has 3 aromatic rings. The van der Waals surface area contributed by atoms with Gasteiger partial charge in [-0.15, -0.1) is 0 Å². The van der Waals surface area contributed by atoms with Crippen LogP contribution in [0.25, 0.3) is 11.0 Å². The lowest BCUT2D eigenvalue weighted by atomic mass is 9.77. The highest BCUT2D eigenvalue weighted by Gasteiger charge is 2.45. The summed E-state index contributed by atoms with van der Waals surface area (Å²) in [6, 6.07) is 5.81. The van der Waals surface area contributed by atoms with Crippen LogP contribution < -0.4 is 4.90 Å². The Balaban J connectivity index is 1.45. The lowest BCUT2D eigenvalue weighted by molar-refractivity contribution is 0.0633. The van der Waals surface area contributed by atoms with E-state index in [2.05, 4.69) is 9.97 Å². The zero-order chi connectivity index (χ0) is 20.2. The SMILES string of the molecule is CN(C)c1ncc2c(n1)C1(CCCN(C(=O)c3ccc4c(c3)ncn4C)C1)CC2. The third-order valence-corrected chi connectivity index (χ3v) is 6.46. The fourth-order valence-electron chi connectivity index (χ4n) is 4.90. The van der Waals surface area contributed by atoms with Crippen molar-refractivity contribution < 1.29 is 4.79 Å². The maximum atomic E-state index is 13.3. The normalized spacial score (nSPS) is 21.0. The molecule has 7 heteroatoms. The molecule has 0 bridgehead atoms. The Morgan fingerprint density at radius 3 is 2.90 bits per heavy atom. The summed E-state index contributed by atoms with van der Waals surface area (Å²) in [7, 11) is 5.90. The lowest BCUT2D eigenvalue weighted by Gasteiger charge is -2.40. The van der Waals surface area contributed by atoms with E-state index >= 15 is 0 Å². The molecule has 1 fully saturated rings. The van der Waals surface area contributed by atoms with Crippen molar-refractivity contribution in [2.24, 2.45) is 7.05 Å². The summed E-state index contributed by atoms with van der Waals surface area (Å²) in [5, 5.41) is 0. The number of anilines is 1. The minimum atomic E-state index is -0.0496. The second kappa shape index (κ2) is 6.54. The van der Waals surface area contributed by atoms with E-state index in [-0.39, 0.29) is 11.3 Å². The van der Waals surface area contributed by atoms with E-state index in [0.29, 0.717) is 5.56 Å². The number of likely N-dealkylation sites (tertiary alicyclic amines) is 1. The lowest BCUT2D eigenvalue weighted by Crippen LogP contribution is -2.48. The Morgan fingerprint density at radius 1 is 1.21 bits per heavy atom. The quantitative estimate of drug-likeness (QED) is 0.673. The maximum Gasteiger partial charge on any atom is 0.253 e. The molecule has 1 aliphatic heterocycles. The zero-order valence-corrected chi connectivity index (χ0v) is 17.2. The standard InChI is InChI=1S/C22H26N6O/c1-26(2)21-23-12-16-7-9-22(19(16)25-21)8-4-10-28(13-22)20(29)15-5-6-18-17(11-15)24-14-27(18)3/h5-6,11-12,14H,4,7-10,13H2,1-3H3. The van der Waals surface area contributed by atoms with Crippen LogP contribution in [0.15, 0.2) is 30.7 Å². The first kappa shape index (κ1) is 18.1. The van der Waals surface area contributed by atoms with Crippen molar-refractivity contribution in [2.45, 2.75) is 31.1 Å². The third kappa shape index (κ3) is 2.87. The minimum absolute atomic E-state index is 0.0496. The fourth-order valence-corrected chi connectivity index (χ4v) is 4.90. The molecule has 0 radical (unpaired) electrons. The van der Waals surface area contributed by atoms with E-state index in [1.165, 1.54) is 5.56 Å². The van der Waals surface area contributed by atoms with E-state index in [0.717, 1.165) is 61.4 Å². The molecule has 1 amide bonds. The van der Waals surface area contributed by atoms with Crippen molar-refractivity contribution in [2.75, 3.05) is 32.1 Å². The molecule has 1 aliphatic carbocycles. The summed E-state index contributed by atoms with van der Waals surface area (Å²) >= 11 is 0. The average Bonchev–Trinajstić information content (AvgIpc) is 3.28. The number of amides is 1. The van der Waals surface area contributed by atoms with Crippen LogP contribution in [0.2, 0.25) is 0 Å². The Hall–Kier alpha value is -2.96. The topological polar surface area (TPSA) is 67.2 Å². The van der Waals surface area contributed by atoms with Crippen LogP contribution in [-0.4, -0.2) is 57.5 Å². The van der Waals surface area contributed by atoms with Crippen LogP contribution in [0.1, 0.15) is 40.9 Å². The van der Waals surface area contributed by atoms with Crippen molar-refractivity contribution >= 4 is 22.9 Å². The van der Waals surface area contributed by atoms with Gasteiger partial charge in [-0.25, -0.2) is 15.0 Å². The molecule has 0 saturated carbocycles. The highest BCUT2D eigenvalue weighted by atomic mass is 16.2. The number of benzene rings is 1. The number of carbonyl (C=O) groups excluding carboxylic acids is 1. The van der Waals surface area contributed by atoms with E-state index in [1.807, 2.05) is 59.9 Å². The fraction of sp³-hybridized carbons (Fsp3) is 0.455. The number of imidazole rings is 1. The van der Waals surface area contributed by atoms with Crippen molar-refractivity contribution in [3.05, 3.63) is 47.5 Å². The number of aryl methyl sites for hydroxylation is 2. The first-order valence-corrected chi connectivity index (χ1v) is 10.2. The van der Waals surface area contributed by atoms with Crippen LogP contribution >= 0.6 is 0 Å². The minimum Gasteiger partial charge on any atom is -0.347 e. The Bertz CT molecular complexity index is 1100. The average molecular weight is 390 g/mol. The largest absolute Gasteiger partial charge is 0.347 e. The number of hydrogen-bond acceptors (Lipinski definition) is 5. The van der Waals surface area contributed by atoms with Crippen LogP contribution in [0, 0.1) is 0 Å². The maximum absolute atomic E-state index is 13.3. The molecular weight excluding hydrogens is 364 g/mol. The molecule has 150 valence electrons. The van der Waals surface area contributed by atoms with Crippen molar-refractivity contribution in [1.82, 2.24) is 24.4 Å².